The van der Waals surface area contributed by atoms with Gasteiger partial charge < -0.3 is 20.1 Å². The van der Waals surface area contributed by atoms with Crippen LogP contribution in [-0.4, -0.2) is 48.7 Å². The summed E-state index contributed by atoms with van der Waals surface area (Å²) in [5.41, 5.74) is 1.46. The number of nitrogens with zero attached hydrogens (tertiary/aromatic N) is 2. The molecule has 0 saturated carbocycles. The molecule has 0 atom stereocenters. The second kappa shape index (κ2) is 10.1. The highest BCUT2D eigenvalue weighted by Crippen LogP contribution is 2.15. The molecule has 0 aliphatic carbocycles. The third-order valence-electron chi connectivity index (χ3n) is 3.36. The van der Waals surface area contributed by atoms with Crippen molar-refractivity contribution in [2.45, 2.75) is 13.3 Å². The van der Waals surface area contributed by atoms with E-state index in [1.807, 2.05) is 0 Å². The van der Waals surface area contributed by atoms with Crippen molar-refractivity contribution >= 4 is 23.4 Å². The van der Waals surface area contributed by atoms with E-state index in [0.717, 1.165) is 12.1 Å². The van der Waals surface area contributed by atoms with E-state index >= 15 is 0 Å². The lowest BCUT2D eigenvalue weighted by Crippen LogP contribution is -2.26. The van der Waals surface area contributed by atoms with E-state index in [4.69, 9.17) is 9.47 Å². The molecule has 8 heteroatoms. The van der Waals surface area contributed by atoms with Crippen LogP contribution in [0.2, 0.25) is 0 Å². The Morgan fingerprint density at radius 3 is 2.50 bits per heavy atom. The molecule has 0 aliphatic heterocycles. The quantitative estimate of drug-likeness (QED) is 0.523. The van der Waals surface area contributed by atoms with Gasteiger partial charge in [-0.1, -0.05) is 0 Å². The van der Waals surface area contributed by atoms with Crippen molar-refractivity contribution in [3.63, 3.8) is 0 Å². The Balaban J connectivity index is 1.90. The van der Waals surface area contributed by atoms with Gasteiger partial charge in [0.25, 0.3) is 5.91 Å². The second-order valence-corrected chi connectivity index (χ2v) is 5.31. The first-order chi connectivity index (χ1) is 12.6. The smallest absolute Gasteiger partial charge is 0.338 e. The van der Waals surface area contributed by atoms with Crippen LogP contribution in [0.15, 0.2) is 36.7 Å². The Bertz CT molecular complexity index is 717. The Labute approximate surface area is 151 Å². The summed E-state index contributed by atoms with van der Waals surface area (Å²) in [4.78, 5) is 31.8. The van der Waals surface area contributed by atoms with Gasteiger partial charge in [-0.05, 0) is 37.6 Å². The highest BCUT2D eigenvalue weighted by Gasteiger charge is 2.08. The Hall–Kier alpha value is -3.00. The van der Waals surface area contributed by atoms with Gasteiger partial charge in [0.15, 0.2) is 0 Å². The second-order valence-electron chi connectivity index (χ2n) is 5.31. The molecule has 8 nitrogen and oxygen atoms in total. The number of amides is 1. The standard InChI is InChI=1S/C18H22N4O4/c1-3-26-18(24)13-5-7-14(8-6-13)22-16-12-20-15(11-21-16)17(23)19-9-4-10-25-2/h5-8,11-12H,3-4,9-10H2,1-2H3,(H,19,23)(H,21,22). The largest absolute Gasteiger partial charge is 0.462 e. The maximum Gasteiger partial charge on any atom is 0.338 e. The molecule has 2 rings (SSSR count). The SMILES string of the molecule is CCOC(=O)c1ccc(Nc2cnc(C(=O)NCCCOC)cn2)cc1. The van der Waals surface area contributed by atoms with Gasteiger partial charge in [-0.25, -0.2) is 14.8 Å². The highest BCUT2D eigenvalue weighted by atomic mass is 16.5. The first-order valence-corrected chi connectivity index (χ1v) is 8.27. The molecule has 2 aromatic rings. The van der Waals surface area contributed by atoms with Crippen LogP contribution in [-0.2, 0) is 9.47 Å². The van der Waals surface area contributed by atoms with E-state index in [0.29, 0.717) is 31.1 Å². The molecule has 0 radical (unpaired) electrons. The molecule has 1 amide bonds. The van der Waals surface area contributed by atoms with Gasteiger partial charge in [0.2, 0.25) is 0 Å². The fraction of sp³-hybridized carbons (Fsp3) is 0.333. The molecule has 1 heterocycles. The van der Waals surface area contributed by atoms with Gasteiger partial charge >= 0.3 is 5.97 Å². The monoisotopic (exact) mass is 358 g/mol. The molecule has 0 bridgehead atoms. The molecule has 1 aromatic heterocycles. The summed E-state index contributed by atoms with van der Waals surface area (Å²) in [7, 11) is 1.61. The number of carbonyl (C=O) groups excluding carboxylic acids is 2. The fourth-order valence-electron chi connectivity index (χ4n) is 2.07. The molecule has 0 aliphatic rings. The average Bonchev–Trinajstić information content (AvgIpc) is 2.66. The van der Waals surface area contributed by atoms with E-state index in [9.17, 15) is 9.59 Å². The van der Waals surface area contributed by atoms with Crippen molar-refractivity contribution < 1.29 is 19.1 Å². The maximum absolute atomic E-state index is 11.9. The number of anilines is 2. The van der Waals surface area contributed by atoms with Crippen molar-refractivity contribution in [1.29, 1.82) is 0 Å². The number of methoxy groups -OCH3 is 1. The number of hydrogen-bond donors (Lipinski definition) is 2. The summed E-state index contributed by atoms with van der Waals surface area (Å²) in [5, 5.41) is 5.80. The lowest BCUT2D eigenvalue weighted by atomic mass is 10.2. The number of rotatable bonds is 9. The number of nitrogens with one attached hydrogen (secondary N) is 2. The van der Waals surface area contributed by atoms with E-state index in [1.165, 1.54) is 12.4 Å². The van der Waals surface area contributed by atoms with Gasteiger partial charge in [-0.2, -0.15) is 0 Å². The van der Waals surface area contributed by atoms with Crippen LogP contribution in [0, 0.1) is 0 Å². The van der Waals surface area contributed by atoms with Crippen molar-refractivity contribution in [3.05, 3.63) is 47.9 Å². The van der Waals surface area contributed by atoms with Crippen molar-refractivity contribution in [1.82, 2.24) is 15.3 Å². The van der Waals surface area contributed by atoms with Crippen molar-refractivity contribution in [2.24, 2.45) is 0 Å². The zero-order chi connectivity index (χ0) is 18.8. The normalized spacial score (nSPS) is 10.2. The predicted octanol–water partition coefficient (Wildman–Crippen LogP) is 2.16. The van der Waals surface area contributed by atoms with E-state index in [1.54, 1.807) is 38.3 Å². The fourth-order valence-corrected chi connectivity index (χ4v) is 2.07. The summed E-state index contributed by atoms with van der Waals surface area (Å²) < 4.78 is 9.86. The zero-order valence-corrected chi connectivity index (χ0v) is 14.8. The minimum atomic E-state index is -0.361. The first-order valence-electron chi connectivity index (χ1n) is 8.27. The van der Waals surface area contributed by atoms with Crippen LogP contribution in [0.1, 0.15) is 34.2 Å². The molecule has 2 N–H and O–H groups in total. The van der Waals surface area contributed by atoms with Crippen LogP contribution in [0.25, 0.3) is 0 Å². The highest BCUT2D eigenvalue weighted by molar-refractivity contribution is 5.92. The third kappa shape index (κ3) is 5.82. The van der Waals surface area contributed by atoms with Crippen molar-refractivity contribution in [2.75, 3.05) is 32.2 Å². The molecular formula is C18H22N4O4. The average molecular weight is 358 g/mol. The molecular weight excluding hydrogens is 336 g/mol. The van der Waals surface area contributed by atoms with Crippen LogP contribution < -0.4 is 10.6 Å². The Morgan fingerprint density at radius 2 is 1.88 bits per heavy atom. The molecule has 138 valence electrons. The summed E-state index contributed by atoms with van der Waals surface area (Å²) in [6, 6.07) is 6.81. The van der Waals surface area contributed by atoms with E-state index in [2.05, 4.69) is 20.6 Å². The van der Waals surface area contributed by atoms with Gasteiger partial charge in [0.1, 0.15) is 11.5 Å². The first kappa shape index (κ1) is 19.3. The number of benzene rings is 1. The van der Waals surface area contributed by atoms with Crippen LogP contribution in [0.5, 0.6) is 0 Å². The predicted molar refractivity (Wildman–Crippen MR) is 96.5 cm³/mol. The summed E-state index contributed by atoms with van der Waals surface area (Å²) in [6.07, 6.45) is 3.61. The number of hydrogen-bond acceptors (Lipinski definition) is 7. The zero-order valence-electron chi connectivity index (χ0n) is 14.8. The summed E-state index contributed by atoms with van der Waals surface area (Å²) in [6.45, 7) is 3.20. The Morgan fingerprint density at radius 1 is 1.12 bits per heavy atom. The molecule has 0 fully saturated rings. The third-order valence-corrected chi connectivity index (χ3v) is 3.36. The van der Waals surface area contributed by atoms with Gasteiger partial charge in [-0.15, -0.1) is 0 Å². The summed E-state index contributed by atoms with van der Waals surface area (Å²) in [5.74, 6) is -0.150. The lowest BCUT2D eigenvalue weighted by Gasteiger charge is -2.08. The van der Waals surface area contributed by atoms with Gasteiger partial charge in [-0.3, -0.25) is 4.79 Å². The van der Waals surface area contributed by atoms with Crippen molar-refractivity contribution in [3.8, 4) is 0 Å². The molecule has 0 saturated heterocycles. The van der Waals surface area contributed by atoms with Gasteiger partial charge in [0, 0.05) is 25.9 Å². The molecule has 0 spiro atoms. The van der Waals surface area contributed by atoms with E-state index < -0.39 is 0 Å². The summed E-state index contributed by atoms with van der Waals surface area (Å²) >= 11 is 0. The van der Waals surface area contributed by atoms with Gasteiger partial charge in [0.05, 0.1) is 24.6 Å². The van der Waals surface area contributed by atoms with Crippen LogP contribution in [0.3, 0.4) is 0 Å². The molecule has 1 aromatic carbocycles. The minimum absolute atomic E-state index is 0.241. The van der Waals surface area contributed by atoms with E-state index in [-0.39, 0.29) is 17.6 Å². The number of esters is 1. The molecule has 0 unspecified atom stereocenters. The topological polar surface area (TPSA) is 102 Å². The minimum Gasteiger partial charge on any atom is -0.462 e. The number of ether oxygens (including phenoxy) is 2. The Kier molecular flexibility index (Phi) is 7.50. The number of aromatic nitrogens is 2. The van der Waals surface area contributed by atoms with Crippen LogP contribution in [0.4, 0.5) is 11.5 Å². The maximum atomic E-state index is 11.9. The molecule has 26 heavy (non-hydrogen) atoms. The number of carbonyl (C=O) groups is 2. The lowest BCUT2D eigenvalue weighted by molar-refractivity contribution is 0.0526. The van der Waals surface area contributed by atoms with Crippen LogP contribution >= 0.6 is 0 Å².